The molecule has 7 heteroatoms. The maximum atomic E-state index is 12.4. The first-order valence-corrected chi connectivity index (χ1v) is 9.68. The topological polar surface area (TPSA) is 68.2 Å². The van der Waals surface area contributed by atoms with Gasteiger partial charge in [-0.15, -0.1) is 0 Å². The molecule has 1 aliphatic carbocycles. The van der Waals surface area contributed by atoms with Crippen molar-refractivity contribution in [2.24, 2.45) is 0 Å². The minimum atomic E-state index is -3.82. The largest absolute Gasteiger partial charge is 0.348 e. The van der Waals surface area contributed by atoms with E-state index in [4.69, 9.17) is 10.7 Å². The Kier molecular flexibility index (Phi) is 5.32. The van der Waals surface area contributed by atoms with Crippen molar-refractivity contribution in [1.82, 2.24) is 9.88 Å². The third kappa shape index (κ3) is 4.23. The van der Waals surface area contributed by atoms with E-state index in [1.807, 2.05) is 6.92 Å². The van der Waals surface area contributed by atoms with E-state index in [0.717, 1.165) is 32.1 Å². The van der Waals surface area contributed by atoms with Crippen LogP contribution in [-0.4, -0.2) is 24.9 Å². The number of rotatable bonds is 5. The molecule has 2 rings (SSSR count). The molecule has 1 fully saturated rings. The van der Waals surface area contributed by atoms with Gasteiger partial charge in [-0.1, -0.05) is 26.2 Å². The summed E-state index contributed by atoms with van der Waals surface area (Å²) in [6.45, 7) is 2.55. The maximum Gasteiger partial charge on any atom is 0.268 e. The summed E-state index contributed by atoms with van der Waals surface area (Å²) in [5, 5.41) is 3.00. The number of carbonyl (C=O) groups excluding carboxylic acids is 1. The molecule has 1 heterocycles. The van der Waals surface area contributed by atoms with Crippen LogP contribution < -0.4 is 5.32 Å². The Morgan fingerprint density at radius 2 is 2.05 bits per heavy atom. The van der Waals surface area contributed by atoms with Gasteiger partial charge in [-0.3, -0.25) is 4.79 Å². The zero-order valence-electron chi connectivity index (χ0n) is 12.1. The van der Waals surface area contributed by atoms with Crippen molar-refractivity contribution in [2.75, 3.05) is 0 Å². The van der Waals surface area contributed by atoms with Gasteiger partial charge < -0.3 is 9.88 Å². The molecule has 1 aliphatic rings. The number of hydrogen-bond acceptors (Lipinski definition) is 3. The van der Waals surface area contributed by atoms with Gasteiger partial charge in [0.05, 0.1) is 0 Å². The summed E-state index contributed by atoms with van der Waals surface area (Å²) in [4.78, 5) is 12.4. The fraction of sp³-hybridized carbons (Fsp3) is 0.643. The molecule has 1 aromatic heterocycles. The third-order valence-corrected chi connectivity index (χ3v) is 5.11. The summed E-state index contributed by atoms with van der Waals surface area (Å²) < 4.78 is 24.5. The SMILES string of the molecule is CCCn1cc(S(=O)(=O)Cl)cc1C(=O)NC1CCCCC1. The minimum absolute atomic E-state index is 0.0218. The van der Waals surface area contributed by atoms with Gasteiger partial charge in [0.1, 0.15) is 10.6 Å². The highest BCUT2D eigenvalue weighted by Crippen LogP contribution is 2.21. The zero-order chi connectivity index (χ0) is 15.5. The smallest absolute Gasteiger partial charge is 0.268 e. The molecule has 1 N–H and O–H groups in total. The van der Waals surface area contributed by atoms with Crippen molar-refractivity contribution in [3.8, 4) is 0 Å². The molecule has 0 spiro atoms. The molecule has 1 amide bonds. The number of aryl methyl sites for hydroxylation is 1. The van der Waals surface area contributed by atoms with E-state index in [0.29, 0.717) is 12.2 Å². The summed E-state index contributed by atoms with van der Waals surface area (Å²) in [6.07, 6.45) is 7.68. The molecule has 1 saturated carbocycles. The molecule has 0 aromatic carbocycles. The molecular formula is C14H21ClN2O3S. The summed E-state index contributed by atoms with van der Waals surface area (Å²) >= 11 is 0. The van der Waals surface area contributed by atoms with Gasteiger partial charge >= 0.3 is 0 Å². The number of amides is 1. The highest BCUT2D eigenvalue weighted by molar-refractivity contribution is 8.13. The van der Waals surface area contributed by atoms with Crippen LogP contribution in [0.5, 0.6) is 0 Å². The lowest BCUT2D eigenvalue weighted by molar-refractivity contribution is 0.0918. The fourth-order valence-electron chi connectivity index (χ4n) is 2.74. The lowest BCUT2D eigenvalue weighted by Crippen LogP contribution is -2.37. The van der Waals surface area contributed by atoms with Gasteiger partial charge in [-0.2, -0.15) is 0 Å². The summed E-state index contributed by atoms with van der Waals surface area (Å²) in [5.74, 6) is -0.220. The van der Waals surface area contributed by atoms with Crippen molar-refractivity contribution >= 4 is 25.6 Å². The first-order valence-electron chi connectivity index (χ1n) is 7.37. The van der Waals surface area contributed by atoms with Crippen LogP contribution in [0, 0.1) is 0 Å². The summed E-state index contributed by atoms with van der Waals surface area (Å²) in [5.41, 5.74) is 0.363. The normalized spacial score (nSPS) is 16.9. The molecule has 0 aliphatic heterocycles. The van der Waals surface area contributed by atoms with Crippen molar-refractivity contribution in [1.29, 1.82) is 0 Å². The van der Waals surface area contributed by atoms with Gasteiger partial charge in [0, 0.05) is 29.5 Å². The van der Waals surface area contributed by atoms with E-state index in [2.05, 4.69) is 5.32 Å². The molecule has 21 heavy (non-hydrogen) atoms. The summed E-state index contributed by atoms with van der Waals surface area (Å²) in [6, 6.07) is 1.54. The van der Waals surface area contributed by atoms with Crippen molar-refractivity contribution < 1.29 is 13.2 Å². The van der Waals surface area contributed by atoms with E-state index < -0.39 is 9.05 Å². The predicted octanol–water partition coefficient (Wildman–Crippen LogP) is 2.89. The fourth-order valence-corrected chi connectivity index (χ4v) is 3.50. The van der Waals surface area contributed by atoms with E-state index in [-0.39, 0.29) is 16.8 Å². The molecule has 0 unspecified atom stereocenters. The summed E-state index contributed by atoms with van der Waals surface area (Å²) in [7, 11) is 1.55. The molecule has 5 nitrogen and oxygen atoms in total. The Labute approximate surface area is 130 Å². The van der Waals surface area contributed by atoms with Gasteiger partial charge in [0.15, 0.2) is 0 Å². The van der Waals surface area contributed by atoms with Crippen LogP contribution in [0.1, 0.15) is 55.9 Å². The van der Waals surface area contributed by atoms with Gasteiger partial charge in [0.25, 0.3) is 15.0 Å². The van der Waals surface area contributed by atoms with Gasteiger partial charge in [-0.25, -0.2) is 8.42 Å². The number of halogens is 1. The molecule has 0 saturated heterocycles. The maximum absolute atomic E-state index is 12.4. The van der Waals surface area contributed by atoms with Crippen LogP contribution in [0.3, 0.4) is 0 Å². The van der Waals surface area contributed by atoms with Gasteiger partial charge in [0.2, 0.25) is 0 Å². The standard InChI is InChI=1S/C14H21ClN2O3S/c1-2-8-17-10-12(21(15,19)20)9-13(17)14(18)16-11-6-4-3-5-7-11/h9-11H,2-8H2,1H3,(H,16,18). The Balaban J connectivity index is 2.20. The van der Waals surface area contributed by atoms with Crippen LogP contribution in [0.25, 0.3) is 0 Å². The van der Waals surface area contributed by atoms with Crippen molar-refractivity contribution in [3.63, 3.8) is 0 Å². The van der Waals surface area contributed by atoms with Crippen LogP contribution >= 0.6 is 10.7 Å². The van der Waals surface area contributed by atoms with Crippen molar-refractivity contribution in [3.05, 3.63) is 18.0 Å². The Bertz CT molecular complexity index is 604. The van der Waals surface area contributed by atoms with Crippen LogP contribution in [0.2, 0.25) is 0 Å². The first-order chi connectivity index (χ1) is 9.91. The Hall–Kier alpha value is -1.01. The number of aromatic nitrogens is 1. The van der Waals surface area contributed by atoms with Crippen LogP contribution in [-0.2, 0) is 15.6 Å². The molecular weight excluding hydrogens is 312 g/mol. The predicted molar refractivity (Wildman–Crippen MR) is 82.1 cm³/mol. The molecule has 0 atom stereocenters. The molecule has 118 valence electrons. The second-order valence-corrected chi connectivity index (χ2v) is 8.07. The molecule has 0 radical (unpaired) electrons. The monoisotopic (exact) mass is 332 g/mol. The number of nitrogens with one attached hydrogen (secondary N) is 1. The highest BCUT2D eigenvalue weighted by atomic mass is 35.7. The average molecular weight is 333 g/mol. The number of nitrogens with zero attached hydrogens (tertiary/aromatic N) is 1. The number of hydrogen-bond donors (Lipinski definition) is 1. The average Bonchev–Trinajstić information content (AvgIpc) is 2.84. The van der Waals surface area contributed by atoms with Gasteiger partial charge in [-0.05, 0) is 25.3 Å². The van der Waals surface area contributed by atoms with E-state index >= 15 is 0 Å². The molecule has 0 bridgehead atoms. The highest BCUT2D eigenvalue weighted by Gasteiger charge is 2.22. The number of carbonyl (C=O) groups is 1. The lowest BCUT2D eigenvalue weighted by Gasteiger charge is -2.23. The zero-order valence-corrected chi connectivity index (χ0v) is 13.7. The quantitative estimate of drug-likeness (QED) is 0.843. The van der Waals surface area contributed by atoms with E-state index in [1.54, 1.807) is 4.57 Å². The van der Waals surface area contributed by atoms with Crippen LogP contribution in [0.15, 0.2) is 17.2 Å². The lowest BCUT2D eigenvalue weighted by atomic mass is 9.95. The second kappa shape index (κ2) is 6.83. The Morgan fingerprint density at radius 3 is 2.62 bits per heavy atom. The van der Waals surface area contributed by atoms with E-state index in [1.165, 1.54) is 18.7 Å². The van der Waals surface area contributed by atoms with Crippen molar-refractivity contribution in [2.45, 2.75) is 62.9 Å². The first kappa shape index (κ1) is 16.4. The van der Waals surface area contributed by atoms with E-state index in [9.17, 15) is 13.2 Å². The minimum Gasteiger partial charge on any atom is -0.348 e. The molecule has 1 aromatic rings. The third-order valence-electron chi connectivity index (χ3n) is 3.79. The second-order valence-electron chi connectivity index (χ2n) is 5.50. The Morgan fingerprint density at radius 1 is 1.38 bits per heavy atom. The van der Waals surface area contributed by atoms with Crippen LogP contribution in [0.4, 0.5) is 0 Å².